The molecule has 0 unspecified atom stereocenters. The molecule has 7 heteroatoms. The first kappa shape index (κ1) is 23.9. The first-order chi connectivity index (χ1) is 16.9. The average Bonchev–Trinajstić information content (AvgIpc) is 3.68. The largest absolute Gasteiger partial charge is 0.369 e. The van der Waals surface area contributed by atoms with Gasteiger partial charge in [0.05, 0.1) is 16.1 Å². The van der Waals surface area contributed by atoms with Crippen molar-refractivity contribution in [3.8, 4) is 0 Å². The highest BCUT2D eigenvalue weighted by atomic mass is 35.5. The number of aryl methyl sites for hydroxylation is 2. The van der Waals surface area contributed by atoms with E-state index in [1.54, 1.807) is 6.20 Å². The van der Waals surface area contributed by atoms with Gasteiger partial charge in [-0.05, 0) is 81.4 Å². The van der Waals surface area contributed by atoms with Crippen molar-refractivity contribution in [3.05, 3.63) is 87.7 Å². The van der Waals surface area contributed by atoms with Gasteiger partial charge in [0.2, 0.25) is 5.91 Å². The number of nitrogens with two attached hydrogens (primary N) is 1. The summed E-state index contributed by atoms with van der Waals surface area (Å²) in [6.07, 6.45) is 9.66. The van der Waals surface area contributed by atoms with Crippen LogP contribution in [0.3, 0.4) is 0 Å². The Labute approximate surface area is 212 Å². The molecule has 2 aliphatic rings. The summed E-state index contributed by atoms with van der Waals surface area (Å²) in [5.74, 6) is 1.05. The lowest BCUT2D eigenvalue weighted by atomic mass is 9.88. The van der Waals surface area contributed by atoms with Crippen LogP contribution in [0.25, 0.3) is 0 Å². The van der Waals surface area contributed by atoms with Crippen LogP contribution in [0.15, 0.2) is 48.8 Å². The number of amides is 1. The van der Waals surface area contributed by atoms with Gasteiger partial charge in [-0.3, -0.25) is 9.78 Å². The lowest BCUT2D eigenvalue weighted by Gasteiger charge is -2.28. The van der Waals surface area contributed by atoms with E-state index in [-0.39, 0.29) is 5.91 Å². The van der Waals surface area contributed by atoms with E-state index in [9.17, 15) is 4.79 Å². The van der Waals surface area contributed by atoms with Crippen molar-refractivity contribution in [2.24, 2.45) is 5.73 Å². The predicted molar refractivity (Wildman–Crippen MR) is 138 cm³/mol. The lowest BCUT2D eigenvalue weighted by molar-refractivity contribution is -0.120. The molecule has 1 aliphatic carbocycles. The summed E-state index contributed by atoms with van der Waals surface area (Å²) in [6.45, 7) is 2.26. The van der Waals surface area contributed by atoms with Crippen LogP contribution in [0.5, 0.6) is 0 Å². The number of carbonyl (C=O) groups is 1. The van der Waals surface area contributed by atoms with E-state index < -0.39 is 5.41 Å². The molecule has 3 aromatic rings. The first-order valence-corrected chi connectivity index (χ1v) is 12.8. The number of piperidine rings is 1. The molecule has 0 radical (unpaired) electrons. The number of hydrogen-bond donors (Lipinski definition) is 1. The minimum Gasteiger partial charge on any atom is -0.369 e. The minimum atomic E-state index is -0.496. The molecule has 2 aromatic heterocycles. The molecular weight excluding hydrogens is 458 g/mol. The van der Waals surface area contributed by atoms with Crippen LogP contribution < -0.4 is 5.73 Å². The van der Waals surface area contributed by atoms with Gasteiger partial charge < -0.3 is 10.6 Å². The SMILES string of the molecule is CN1CCC(c2ccc(Cc3ncc(Cl)c(CCc4ccccc4C4(C(N)=O)CC4)n3)cn2)CC1. The maximum atomic E-state index is 12.1. The average molecular weight is 490 g/mol. The summed E-state index contributed by atoms with van der Waals surface area (Å²) in [4.78, 5) is 28.5. The molecule has 0 spiro atoms. The zero-order valence-corrected chi connectivity index (χ0v) is 21.0. The van der Waals surface area contributed by atoms with Gasteiger partial charge in [-0.1, -0.05) is 41.9 Å². The number of carbonyl (C=O) groups excluding carboxylic acids is 1. The van der Waals surface area contributed by atoms with Crippen LogP contribution in [0, 0.1) is 0 Å². The number of hydrogen-bond acceptors (Lipinski definition) is 5. The van der Waals surface area contributed by atoms with Gasteiger partial charge in [0, 0.05) is 30.4 Å². The van der Waals surface area contributed by atoms with E-state index in [4.69, 9.17) is 27.3 Å². The Bertz CT molecular complexity index is 1200. The van der Waals surface area contributed by atoms with E-state index in [1.807, 2.05) is 24.4 Å². The summed E-state index contributed by atoms with van der Waals surface area (Å²) in [5, 5.41) is 0.568. The van der Waals surface area contributed by atoms with Crippen LogP contribution >= 0.6 is 11.6 Å². The van der Waals surface area contributed by atoms with Crippen molar-refractivity contribution < 1.29 is 4.79 Å². The summed E-state index contributed by atoms with van der Waals surface area (Å²) < 4.78 is 0. The van der Waals surface area contributed by atoms with Crippen molar-refractivity contribution in [2.45, 2.75) is 56.3 Å². The highest BCUT2D eigenvalue weighted by Gasteiger charge is 2.50. The fourth-order valence-corrected chi connectivity index (χ4v) is 5.39. The van der Waals surface area contributed by atoms with Crippen LogP contribution in [0.4, 0.5) is 0 Å². The molecule has 1 aromatic carbocycles. The highest BCUT2D eigenvalue weighted by molar-refractivity contribution is 6.31. The molecule has 5 rings (SSSR count). The topological polar surface area (TPSA) is 85.0 Å². The Balaban J connectivity index is 1.26. The number of primary amides is 1. The summed E-state index contributed by atoms with van der Waals surface area (Å²) in [7, 11) is 2.18. The number of likely N-dealkylation sites (tertiary alicyclic amines) is 1. The summed E-state index contributed by atoms with van der Waals surface area (Å²) in [5.41, 5.74) is 10.5. The molecule has 35 heavy (non-hydrogen) atoms. The zero-order chi connectivity index (χ0) is 24.4. The molecule has 0 bridgehead atoms. The number of nitrogens with zero attached hydrogens (tertiary/aromatic N) is 4. The predicted octanol–water partition coefficient (Wildman–Crippen LogP) is 4.23. The summed E-state index contributed by atoms with van der Waals surface area (Å²) in [6, 6.07) is 12.4. The van der Waals surface area contributed by atoms with Gasteiger partial charge >= 0.3 is 0 Å². The third kappa shape index (κ3) is 5.24. The molecule has 1 amide bonds. The number of pyridine rings is 1. The van der Waals surface area contributed by atoms with Gasteiger partial charge in [0.15, 0.2) is 0 Å². The number of rotatable bonds is 8. The third-order valence-corrected chi connectivity index (χ3v) is 7.91. The zero-order valence-electron chi connectivity index (χ0n) is 20.2. The molecule has 3 heterocycles. The molecule has 1 aliphatic heterocycles. The molecular formula is C28H32ClN5O. The number of halogens is 1. The third-order valence-electron chi connectivity index (χ3n) is 7.60. The van der Waals surface area contributed by atoms with Crippen molar-refractivity contribution in [2.75, 3.05) is 20.1 Å². The van der Waals surface area contributed by atoms with Gasteiger partial charge in [0.1, 0.15) is 5.82 Å². The molecule has 1 saturated carbocycles. The van der Waals surface area contributed by atoms with E-state index >= 15 is 0 Å². The second-order valence-corrected chi connectivity index (χ2v) is 10.4. The van der Waals surface area contributed by atoms with Gasteiger partial charge in [0.25, 0.3) is 0 Å². The Hall–Kier alpha value is -2.83. The fourth-order valence-electron chi connectivity index (χ4n) is 5.20. The van der Waals surface area contributed by atoms with E-state index in [2.05, 4.69) is 35.1 Å². The minimum absolute atomic E-state index is 0.234. The molecule has 6 nitrogen and oxygen atoms in total. The molecule has 2 fully saturated rings. The lowest BCUT2D eigenvalue weighted by Crippen LogP contribution is -2.29. The standard InChI is InChI=1S/C28H32ClN5O/c1-34-14-10-21(11-15-34)24-8-6-19(17-31-24)16-26-32-18-23(29)25(33-26)9-7-20-4-2-3-5-22(20)28(12-13-28)27(30)35/h2-6,8,17-18,21H,7,9-16H2,1H3,(H2,30,35). The van der Waals surface area contributed by atoms with Crippen LogP contribution in [-0.2, 0) is 29.5 Å². The van der Waals surface area contributed by atoms with E-state index in [1.165, 1.54) is 5.69 Å². The Kier molecular flexibility index (Phi) is 6.85. The normalized spacial score (nSPS) is 17.9. The number of benzene rings is 1. The van der Waals surface area contributed by atoms with E-state index in [0.29, 0.717) is 23.8 Å². The quantitative estimate of drug-likeness (QED) is 0.512. The molecule has 0 atom stereocenters. The number of aromatic nitrogens is 3. The van der Waals surface area contributed by atoms with Crippen molar-refractivity contribution in [1.82, 2.24) is 19.9 Å². The molecule has 182 valence electrons. The monoisotopic (exact) mass is 489 g/mol. The second kappa shape index (κ2) is 10.0. The van der Waals surface area contributed by atoms with Crippen molar-refractivity contribution in [3.63, 3.8) is 0 Å². The Morgan fingerprint density at radius 1 is 1.09 bits per heavy atom. The van der Waals surface area contributed by atoms with Gasteiger partial charge in [-0.25, -0.2) is 9.97 Å². The molecule has 2 N–H and O–H groups in total. The Morgan fingerprint density at radius 3 is 2.54 bits per heavy atom. The fraction of sp³-hybridized carbons (Fsp3) is 0.429. The van der Waals surface area contributed by atoms with Crippen LogP contribution in [0.2, 0.25) is 5.02 Å². The maximum absolute atomic E-state index is 12.1. The van der Waals surface area contributed by atoms with Crippen molar-refractivity contribution >= 4 is 17.5 Å². The molecule has 1 saturated heterocycles. The maximum Gasteiger partial charge on any atom is 0.228 e. The van der Waals surface area contributed by atoms with Crippen molar-refractivity contribution in [1.29, 1.82) is 0 Å². The first-order valence-electron chi connectivity index (χ1n) is 12.5. The van der Waals surface area contributed by atoms with Crippen LogP contribution in [-0.4, -0.2) is 45.9 Å². The van der Waals surface area contributed by atoms with Crippen LogP contribution in [0.1, 0.15) is 65.5 Å². The van der Waals surface area contributed by atoms with E-state index in [0.717, 1.165) is 73.4 Å². The summed E-state index contributed by atoms with van der Waals surface area (Å²) >= 11 is 6.46. The Morgan fingerprint density at radius 2 is 1.86 bits per heavy atom. The highest BCUT2D eigenvalue weighted by Crippen LogP contribution is 2.49. The second-order valence-electron chi connectivity index (χ2n) is 10.0. The van der Waals surface area contributed by atoms with Gasteiger partial charge in [-0.2, -0.15) is 0 Å². The van der Waals surface area contributed by atoms with Gasteiger partial charge in [-0.15, -0.1) is 0 Å². The smallest absolute Gasteiger partial charge is 0.228 e.